The molecule has 0 aromatic carbocycles. The molecule has 0 bridgehead atoms. The average molecular weight is 224 g/mol. The number of ether oxygens (including phenoxy) is 1. The minimum Gasteiger partial charge on any atom is -0.362 e. The van der Waals surface area contributed by atoms with E-state index in [1.54, 1.807) is 13.8 Å². The quantitative estimate of drug-likeness (QED) is 0.617. The van der Waals surface area contributed by atoms with Gasteiger partial charge in [0.1, 0.15) is 0 Å². The van der Waals surface area contributed by atoms with Crippen molar-refractivity contribution in [1.29, 1.82) is 0 Å². The van der Waals surface area contributed by atoms with Crippen molar-refractivity contribution >= 4 is 13.4 Å². The van der Waals surface area contributed by atoms with Gasteiger partial charge in [0.15, 0.2) is 5.78 Å². The standard InChI is InChI=1S/C8H17O5P/c1-5-12-14(10,13-6-2)8(11-4)7(3)9/h8H,5-6H2,1-4H3. The number of Topliss-reactive ketones (excluding diaryl/α,β-unsaturated/α-hetero) is 1. The second-order valence-corrected chi connectivity index (χ2v) is 4.64. The Kier molecular flexibility index (Phi) is 6.20. The molecular weight excluding hydrogens is 207 g/mol. The number of rotatable bonds is 7. The van der Waals surface area contributed by atoms with Crippen LogP contribution >= 0.6 is 7.60 Å². The topological polar surface area (TPSA) is 61.8 Å². The predicted molar refractivity (Wildman–Crippen MR) is 52.3 cm³/mol. The molecule has 0 aliphatic carbocycles. The van der Waals surface area contributed by atoms with E-state index in [9.17, 15) is 9.36 Å². The third-order valence-corrected chi connectivity index (χ3v) is 3.86. The van der Waals surface area contributed by atoms with E-state index in [2.05, 4.69) is 0 Å². The van der Waals surface area contributed by atoms with Gasteiger partial charge < -0.3 is 13.8 Å². The third kappa shape index (κ3) is 3.50. The van der Waals surface area contributed by atoms with Crippen LogP contribution in [-0.4, -0.2) is 32.0 Å². The van der Waals surface area contributed by atoms with Gasteiger partial charge in [0.05, 0.1) is 13.2 Å². The fourth-order valence-corrected chi connectivity index (χ4v) is 2.82. The summed E-state index contributed by atoms with van der Waals surface area (Å²) in [5.41, 5.74) is 0. The Balaban J connectivity index is 4.76. The van der Waals surface area contributed by atoms with Crippen LogP contribution in [0.25, 0.3) is 0 Å². The molecule has 1 unspecified atom stereocenters. The first-order chi connectivity index (χ1) is 6.51. The van der Waals surface area contributed by atoms with E-state index in [0.717, 1.165) is 0 Å². The molecule has 0 aliphatic heterocycles. The molecule has 5 nitrogen and oxygen atoms in total. The molecule has 0 rings (SSSR count). The SMILES string of the molecule is CCOP(=O)(OCC)C(OC)C(C)=O. The Morgan fingerprint density at radius 2 is 1.71 bits per heavy atom. The van der Waals surface area contributed by atoms with Crippen LogP contribution in [0, 0.1) is 0 Å². The first-order valence-electron chi connectivity index (χ1n) is 4.43. The van der Waals surface area contributed by atoms with Crippen LogP contribution in [0.15, 0.2) is 0 Å². The van der Waals surface area contributed by atoms with Crippen molar-refractivity contribution < 1.29 is 23.1 Å². The molecule has 0 aliphatic rings. The van der Waals surface area contributed by atoms with Gasteiger partial charge in [0.25, 0.3) is 0 Å². The molecule has 84 valence electrons. The third-order valence-electron chi connectivity index (χ3n) is 1.48. The summed E-state index contributed by atoms with van der Waals surface area (Å²) in [6.45, 7) is 5.07. The highest BCUT2D eigenvalue weighted by atomic mass is 31.2. The van der Waals surface area contributed by atoms with E-state index in [1.807, 2.05) is 0 Å². The van der Waals surface area contributed by atoms with Crippen LogP contribution in [0.2, 0.25) is 0 Å². The summed E-state index contributed by atoms with van der Waals surface area (Å²) in [5, 5.41) is 0. The molecule has 0 saturated carbocycles. The zero-order valence-corrected chi connectivity index (χ0v) is 9.87. The Labute approximate surface area is 84.3 Å². The normalized spacial score (nSPS) is 14.0. The number of carbonyl (C=O) groups excluding carboxylic acids is 1. The van der Waals surface area contributed by atoms with Crippen molar-refractivity contribution in [3.05, 3.63) is 0 Å². The lowest BCUT2D eigenvalue weighted by atomic mass is 10.5. The zero-order chi connectivity index (χ0) is 11.2. The monoisotopic (exact) mass is 224 g/mol. The fraction of sp³-hybridized carbons (Fsp3) is 0.875. The lowest BCUT2D eigenvalue weighted by molar-refractivity contribution is -0.123. The number of hydrogen-bond donors (Lipinski definition) is 0. The number of hydrogen-bond acceptors (Lipinski definition) is 5. The van der Waals surface area contributed by atoms with Crippen LogP contribution in [0.3, 0.4) is 0 Å². The number of carbonyl (C=O) groups is 1. The Hall–Kier alpha value is -0.220. The molecular formula is C8H17O5P. The Bertz CT molecular complexity index is 218. The number of methoxy groups -OCH3 is 1. The van der Waals surface area contributed by atoms with E-state index in [4.69, 9.17) is 13.8 Å². The molecule has 0 amide bonds. The minimum atomic E-state index is -3.46. The fourth-order valence-electron chi connectivity index (χ4n) is 1.05. The van der Waals surface area contributed by atoms with Gasteiger partial charge in [-0.25, -0.2) is 0 Å². The van der Waals surface area contributed by atoms with Gasteiger partial charge in [-0.3, -0.25) is 9.36 Å². The Morgan fingerprint density at radius 3 is 1.93 bits per heavy atom. The van der Waals surface area contributed by atoms with Gasteiger partial charge in [-0.15, -0.1) is 0 Å². The lowest BCUT2D eigenvalue weighted by Gasteiger charge is -2.22. The largest absolute Gasteiger partial charge is 0.366 e. The molecule has 1 atom stereocenters. The second-order valence-electron chi connectivity index (χ2n) is 2.57. The predicted octanol–water partition coefficient (Wildman–Crippen LogP) is 1.81. The highest BCUT2D eigenvalue weighted by Crippen LogP contribution is 2.53. The first-order valence-corrected chi connectivity index (χ1v) is 6.05. The summed E-state index contributed by atoms with van der Waals surface area (Å²) in [7, 11) is -2.16. The highest BCUT2D eigenvalue weighted by molar-refractivity contribution is 7.55. The number of ketones is 1. The van der Waals surface area contributed by atoms with Crippen LogP contribution in [0.1, 0.15) is 20.8 Å². The summed E-state index contributed by atoms with van der Waals surface area (Å²) >= 11 is 0. The summed E-state index contributed by atoms with van der Waals surface area (Å²) < 4.78 is 26.8. The molecule has 0 spiro atoms. The van der Waals surface area contributed by atoms with E-state index < -0.39 is 13.4 Å². The van der Waals surface area contributed by atoms with Crippen molar-refractivity contribution in [2.45, 2.75) is 26.6 Å². The summed E-state index contributed by atoms with van der Waals surface area (Å²) in [4.78, 5) is 11.1. The first kappa shape index (κ1) is 13.8. The minimum absolute atomic E-state index is 0.213. The maximum atomic E-state index is 12.0. The molecule has 0 aromatic heterocycles. The molecule has 0 radical (unpaired) electrons. The van der Waals surface area contributed by atoms with Crippen molar-refractivity contribution in [3.8, 4) is 0 Å². The van der Waals surface area contributed by atoms with Gasteiger partial charge in [-0.2, -0.15) is 0 Å². The van der Waals surface area contributed by atoms with Crippen LogP contribution < -0.4 is 0 Å². The zero-order valence-electron chi connectivity index (χ0n) is 8.98. The van der Waals surface area contributed by atoms with E-state index in [1.165, 1.54) is 14.0 Å². The molecule has 0 fully saturated rings. The smallest absolute Gasteiger partial charge is 0.362 e. The van der Waals surface area contributed by atoms with E-state index in [-0.39, 0.29) is 19.0 Å². The molecule has 0 N–H and O–H groups in total. The average Bonchev–Trinajstić information content (AvgIpc) is 2.04. The maximum Gasteiger partial charge on any atom is 0.366 e. The Morgan fingerprint density at radius 1 is 1.29 bits per heavy atom. The van der Waals surface area contributed by atoms with Crippen LogP contribution in [-0.2, 0) is 23.1 Å². The highest BCUT2D eigenvalue weighted by Gasteiger charge is 2.39. The molecule has 14 heavy (non-hydrogen) atoms. The van der Waals surface area contributed by atoms with Crippen LogP contribution in [0.5, 0.6) is 0 Å². The van der Waals surface area contributed by atoms with Crippen molar-refractivity contribution in [1.82, 2.24) is 0 Å². The van der Waals surface area contributed by atoms with Crippen molar-refractivity contribution in [2.24, 2.45) is 0 Å². The van der Waals surface area contributed by atoms with Gasteiger partial charge in [-0.1, -0.05) is 0 Å². The van der Waals surface area contributed by atoms with Crippen molar-refractivity contribution in [2.75, 3.05) is 20.3 Å². The summed E-state index contributed by atoms with van der Waals surface area (Å²) in [6, 6.07) is 0. The lowest BCUT2D eigenvalue weighted by Crippen LogP contribution is -2.23. The molecule has 0 heterocycles. The van der Waals surface area contributed by atoms with Crippen LogP contribution in [0.4, 0.5) is 0 Å². The molecule has 6 heteroatoms. The maximum absolute atomic E-state index is 12.0. The van der Waals surface area contributed by atoms with Gasteiger partial charge in [0, 0.05) is 7.11 Å². The van der Waals surface area contributed by atoms with Crippen molar-refractivity contribution in [3.63, 3.8) is 0 Å². The van der Waals surface area contributed by atoms with Gasteiger partial charge >= 0.3 is 7.60 Å². The molecule has 0 saturated heterocycles. The summed E-state index contributed by atoms with van der Waals surface area (Å²) in [5.74, 6) is -1.49. The second kappa shape index (κ2) is 6.30. The van der Waals surface area contributed by atoms with E-state index in [0.29, 0.717) is 0 Å². The molecule has 0 aromatic rings. The summed E-state index contributed by atoms with van der Waals surface area (Å²) in [6.07, 6.45) is 0. The van der Waals surface area contributed by atoms with E-state index >= 15 is 0 Å². The van der Waals surface area contributed by atoms with Gasteiger partial charge in [0.2, 0.25) is 5.85 Å². The van der Waals surface area contributed by atoms with Gasteiger partial charge in [-0.05, 0) is 20.8 Å².